The number of aromatic amines is 1. The number of carboxylic acids is 1. The number of imidazole rings is 1. The number of primary amides is 2. The largest absolute Gasteiger partial charge is 0.481 e. The Bertz CT molecular complexity index is 2440. The average molecular weight is 1210 g/mol. The molecule has 0 spiro atoms. The Kier molecular flexibility index (Phi) is 32.5. The molecule has 0 bridgehead atoms. The van der Waals surface area contributed by atoms with E-state index in [1.165, 1.54) is 31.2 Å². The number of carbonyl (C=O) groups excluding carboxylic acids is 12. The summed E-state index contributed by atoms with van der Waals surface area (Å²) in [4.78, 5) is 186. The van der Waals surface area contributed by atoms with E-state index < -0.39 is 157 Å². The third-order valence-corrected chi connectivity index (χ3v) is 13.5. The van der Waals surface area contributed by atoms with Crippen LogP contribution in [0.2, 0.25) is 0 Å². The first-order chi connectivity index (χ1) is 39.6. The highest BCUT2D eigenvalue weighted by molar-refractivity contribution is 7.98. The molecule has 0 saturated carbocycles. The van der Waals surface area contributed by atoms with Crippen LogP contribution in [0.15, 0.2) is 17.5 Å². The van der Waals surface area contributed by atoms with Crippen molar-refractivity contribution in [1.29, 1.82) is 0 Å². The topological polar surface area (TPSA) is 508 Å². The Morgan fingerprint density at radius 3 is 1.60 bits per heavy atom. The summed E-state index contributed by atoms with van der Waals surface area (Å²) in [7, 11) is 0. The summed E-state index contributed by atoms with van der Waals surface area (Å²) in [5.41, 5.74) is 22.3. The minimum Gasteiger partial charge on any atom is -0.481 e. The van der Waals surface area contributed by atoms with Crippen molar-refractivity contribution < 1.29 is 67.4 Å². The maximum absolute atomic E-state index is 14.2. The molecule has 470 valence electrons. The highest BCUT2D eigenvalue weighted by Gasteiger charge is 2.36. The highest BCUT2D eigenvalue weighted by Crippen LogP contribution is 2.13. The molecule has 1 saturated heterocycles. The number of hydrogen-bond donors (Lipinski definition) is 16. The van der Waals surface area contributed by atoms with Crippen LogP contribution >= 0.6 is 11.8 Å². The molecule has 31 nitrogen and oxygen atoms in total. The van der Waals surface area contributed by atoms with Gasteiger partial charge in [0.25, 0.3) is 0 Å². The summed E-state index contributed by atoms with van der Waals surface area (Å²) in [6.45, 7) is 8.56. The monoisotopic (exact) mass is 1210 g/mol. The molecule has 1 aromatic heterocycles. The summed E-state index contributed by atoms with van der Waals surface area (Å²) in [6, 6.07) is -13.1. The molecule has 0 radical (unpaired) electrons. The Morgan fingerprint density at radius 2 is 1.06 bits per heavy atom. The van der Waals surface area contributed by atoms with Gasteiger partial charge >= 0.3 is 5.97 Å². The van der Waals surface area contributed by atoms with E-state index in [0.29, 0.717) is 30.7 Å². The molecule has 0 aromatic carbocycles. The first kappa shape index (κ1) is 72.0. The van der Waals surface area contributed by atoms with Crippen LogP contribution < -0.4 is 76.1 Å². The lowest BCUT2D eigenvalue weighted by Gasteiger charge is -2.28. The number of aromatic nitrogens is 2. The standard InChI is InChI=1S/C52H87N17O14S/c1-27(2)20-34-44(76)58-17-10-8-7-9-13-41(72)62-37(23-39(53)70)50(82)64-32(14-15-42(73)74)47(79)63-31(12-11-18-59-52(55)56)46(78)65-33(16-19-84-6)45(77)61-29(5)43(75)66-35(21-28(3)4)48(80)68-36(22-30-25-57-26-60-30)49(81)69-38(24-40(54)71)51(83)67-34/h25-29,31-38H,7-24H2,1-6H3,(H2,53,70)(H2,54,71)(H,57,60)(H,58,76)(H,61,77)(H,62,72)(H,63,79)(H,64,82)(H,65,78)(H,66,75)(H,67,83)(H,68,80)(H,69,81)(H,73,74)(H4,55,56,59)/t29-,31-,32-,33-,34-,35-,36-,37-,38-/m0/s1. The van der Waals surface area contributed by atoms with Crippen molar-refractivity contribution in [2.45, 2.75) is 185 Å². The van der Waals surface area contributed by atoms with Crippen molar-refractivity contribution >= 4 is 94.6 Å². The van der Waals surface area contributed by atoms with Crippen LogP contribution in [0.1, 0.15) is 130 Å². The molecule has 0 aliphatic carbocycles. The number of aliphatic imine (C=N–C) groups is 1. The van der Waals surface area contributed by atoms with E-state index in [9.17, 15) is 67.4 Å². The lowest BCUT2D eigenvalue weighted by molar-refractivity contribution is -0.138. The van der Waals surface area contributed by atoms with Gasteiger partial charge < -0.3 is 86.2 Å². The molecule has 1 aliphatic rings. The second kappa shape index (κ2) is 37.9. The number of nitrogens with zero attached hydrogens (tertiary/aromatic N) is 2. The van der Waals surface area contributed by atoms with Crippen LogP contribution in [-0.2, 0) is 68.7 Å². The second-order valence-corrected chi connectivity index (χ2v) is 22.3. The lowest BCUT2D eigenvalue weighted by Crippen LogP contribution is -2.60. The summed E-state index contributed by atoms with van der Waals surface area (Å²) in [5, 5.41) is 35.2. The third kappa shape index (κ3) is 28.8. The number of aliphatic carboxylic acids is 1. The molecule has 12 amide bonds. The van der Waals surface area contributed by atoms with Crippen LogP contribution in [0.5, 0.6) is 0 Å². The number of guanidine groups is 1. The van der Waals surface area contributed by atoms with Crippen molar-refractivity contribution in [3.8, 4) is 0 Å². The van der Waals surface area contributed by atoms with Crippen molar-refractivity contribution in [2.24, 2.45) is 39.8 Å². The fraction of sp³-hybridized carbons (Fsp3) is 0.673. The van der Waals surface area contributed by atoms with Crippen LogP contribution in [0.4, 0.5) is 0 Å². The van der Waals surface area contributed by atoms with Gasteiger partial charge in [-0.2, -0.15) is 11.8 Å². The number of amides is 12. The number of rotatable bonds is 20. The Morgan fingerprint density at radius 1 is 0.595 bits per heavy atom. The molecule has 1 aliphatic heterocycles. The van der Waals surface area contributed by atoms with Crippen LogP contribution in [0.3, 0.4) is 0 Å². The molecule has 9 atom stereocenters. The third-order valence-electron chi connectivity index (χ3n) is 12.9. The summed E-state index contributed by atoms with van der Waals surface area (Å²) >= 11 is 1.31. The van der Waals surface area contributed by atoms with Gasteiger partial charge in [-0.05, 0) is 82.1 Å². The summed E-state index contributed by atoms with van der Waals surface area (Å²) < 4.78 is 0. The molecule has 84 heavy (non-hydrogen) atoms. The molecule has 1 fully saturated rings. The van der Waals surface area contributed by atoms with E-state index >= 15 is 0 Å². The molecular formula is C52H87N17O14S. The van der Waals surface area contributed by atoms with E-state index in [1.54, 1.807) is 20.1 Å². The number of thioether (sulfide) groups is 1. The van der Waals surface area contributed by atoms with Gasteiger partial charge in [0.15, 0.2) is 5.96 Å². The zero-order valence-electron chi connectivity index (χ0n) is 48.6. The fourth-order valence-electron chi connectivity index (χ4n) is 8.54. The van der Waals surface area contributed by atoms with E-state index in [4.69, 9.17) is 22.9 Å². The van der Waals surface area contributed by atoms with E-state index in [2.05, 4.69) is 68.1 Å². The highest BCUT2D eigenvalue weighted by atomic mass is 32.2. The number of nitrogens with two attached hydrogens (primary N) is 4. The fourth-order valence-corrected chi connectivity index (χ4v) is 9.01. The predicted molar refractivity (Wildman–Crippen MR) is 308 cm³/mol. The van der Waals surface area contributed by atoms with Crippen LogP contribution in [0, 0.1) is 11.8 Å². The normalized spacial score (nSPS) is 24.2. The summed E-state index contributed by atoms with van der Waals surface area (Å²) in [6.07, 6.45) is 3.10. The van der Waals surface area contributed by atoms with Crippen molar-refractivity contribution in [3.63, 3.8) is 0 Å². The number of hydrogen-bond acceptors (Lipinski definition) is 16. The van der Waals surface area contributed by atoms with E-state index in [1.807, 2.05) is 13.8 Å². The maximum atomic E-state index is 14.2. The van der Waals surface area contributed by atoms with E-state index in [0.717, 1.165) is 0 Å². The van der Waals surface area contributed by atoms with Crippen molar-refractivity contribution in [1.82, 2.24) is 63.1 Å². The smallest absolute Gasteiger partial charge is 0.303 e. The molecule has 20 N–H and O–H groups in total. The maximum Gasteiger partial charge on any atom is 0.303 e. The number of H-pyrrole nitrogens is 1. The Hall–Kier alpha value is -8.06. The Labute approximate surface area is 492 Å². The second-order valence-electron chi connectivity index (χ2n) is 21.3. The SMILES string of the molecule is CSCC[C@@H]1NC(=O)[C@H](CCCN=C(N)N)NC(=O)[C@H](CCC(=O)O)NC(=O)[C@H](CC(N)=O)NC(=O)CCCCCCNC(=O)[C@H](CC(C)C)NC(=O)[C@H](CC(N)=O)NC(=O)[C@H](Cc2cnc[nH]2)NC(=O)[C@H](CC(C)C)NC(=O)[C@H](C)NC1=O. The first-order valence-electron chi connectivity index (χ1n) is 27.9. The molecule has 32 heteroatoms. The zero-order chi connectivity index (χ0) is 63.1. The summed E-state index contributed by atoms with van der Waals surface area (Å²) in [5.74, 6) is -12.5. The lowest BCUT2D eigenvalue weighted by atomic mass is 10.0. The van der Waals surface area contributed by atoms with Crippen LogP contribution in [-0.4, -0.2) is 177 Å². The minimum atomic E-state index is -1.67. The van der Waals surface area contributed by atoms with Gasteiger partial charge in [0, 0.05) is 44.2 Å². The van der Waals surface area contributed by atoms with Crippen molar-refractivity contribution in [2.75, 3.05) is 25.1 Å². The van der Waals surface area contributed by atoms with Gasteiger partial charge in [0.1, 0.15) is 54.4 Å². The number of carbonyl (C=O) groups is 13. The van der Waals surface area contributed by atoms with Crippen molar-refractivity contribution in [3.05, 3.63) is 18.2 Å². The van der Waals surface area contributed by atoms with Gasteiger partial charge in [-0.3, -0.25) is 67.3 Å². The minimum absolute atomic E-state index is 0.0106. The quantitative estimate of drug-likeness (QED) is 0.0335. The molecule has 0 unspecified atom stereocenters. The Balaban J connectivity index is 2.69. The molecule has 2 rings (SSSR count). The van der Waals surface area contributed by atoms with E-state index in [-0.39, 0.29) is 82.3 Å². The number of carboxylic acid groups (broad SMARTS) is 1. The molecular weight excluding hydrogens is 1120 g/mol. The van der Waals surface area contributed by atoms with Gasteiger partial charge in [-0.25, -0.2) is 4.98 Å². The number of nitrogens with one attached hydrogen (secondary N) is 11. The molecule has 2 heterocycles. The van der Waals surface area contributed by atoms with Gasteiger partial charge in [0.2, 0.25) is 70.9 Å². The first-order valence-corrected chi connectivity index (χ1v) is 29.3. The zero-order valence-corrected chi connectivity index (χ0v) is 49.4. The van der Waals surface area contributed by atoms with Gasteiger partial charge in [-0.15, -0.1) is 0 Å². The predicted octanol–water partition coefficient (Wildman–Crippen LogP) is -4.07. The van der Waals surface area contributed by atoms with Crippen LogP contribution in [0.25, 0.3) is 0 Å². The van der Waals surface area contributed by atoms with Gasteiger partial charge in [0.05, 0.1) is 19.2 Å². The van der Waals surface area contributed by atoms with Gasteiger partial charge in [-0.1, -0.05) is 40.5 Å². The molecule has 1 aromatic rings. The average Bonchev–Trinajstić information content (AvgIpc) is 4.03.